The standard InChI is InChI=1S/C18H18BrFO/c1-18(2,3)14-7-4-12(5-8-14)17(21)10-13-6-9-15(20)11-16(13)19/h4-9,11H,10H2,1-3H3. The second-order valence-corrected chi connectivity index (χ2v) is 7.02. The maximum absolute atomic E-state index is 13.0. The molecule has 1 nitrogen and oxygen atoms in total. The molecule has 0 aliphatic carbocycles. The molecular formula is C18H18BrFO. The van der Waals surface area contributed by atoms with E-state index in [2.05, 4.69) is 36.7 Å². The molecule has 21 heavy (non-hydrogen) atoms. The molecule has 0 bridgehead atoms. The predicted octanol–water partition coefficient (Wildman–Crippen LogP) is 5.31. The first-order valence-electron chi connectivity index (χ1n) is 6.85. The first kappa shape index (κ1) is 15.9. The SMILES string of the molecule is CC(C)(C)c1ccc(C(=O)Cc2ccc(F)cc2Br)cc1. The Morgan fingerprint density at radius 2 is 1.71 bits per heavy atom. The average Bonchev–Trinajstić information content (AvgIpc) is 2.41. The van der Waals surface area contributed by atoms with Gasteiger partial charge in [0.2, 0.25) is 0 Å². The lowest BCUT2D eigenvalue weighted by Gasteiger charge is -2.19. The van der Waals surface area contributed by atoms with Crippen LogP contribution in [0.4, 0.5) is 4.39 Å². The Balaban J connectivity index is 2.17. The van der Waals surface area contributed by atoms with Gasteiger partial charge in [-0.2, -0.15) is 0 Å². The van der Waals surface area contributed by atoms with Crippen LogP contribution in [-0.4, -0.2) is 5.78 Å². The fourth-order valence-electron chi connectivity index (χ4n) is 2.10. The molecule has 0 amide bonds. The number of benzene rings is 2. The summed E-state index contributed by atoms with van der Waals surface area (Å²) in [7, 11) is 0. The van der Waals surface area contributed by atoms with Crippen molar-refractivity contribution in [1.29, 1.82) is 0 Å². The summed E-state index contributed by atoms with van der Waals surface area (Å²) in [5, 5.41) is 0. The van der Waals surface area contributed by atoms with Crippen LogP contribution in [-0.2, 0) is 11.8 Å². The van der Waals surface area contributed by atoms with Crippen molar-refractivity contribution in [1.82, 2.24) is 0 Å². The molecule has 2 aromatic rings. The van der Waals surface area contributed by atoms with Crippen LogP contribution in [0.3, 0.4) is 0 Å². The molecule has 0 radical (unpaired) electrons. The zero-order valence-corrected chi connectivity index (χ0v) is 14.0. The molecule has 0 aromatic heterocycles. The Hall–Kier alpha value is -1.48. The maximum atomic E-state index is 13.0. The van der Waals surface area contributed by atoms with Gasteiger partial charge in [0, 0.05) is 16.5 Å². The Bertz CT molecular complexity index is 654. The molecule has 0 N–H and O–H groups in total. The second kappa shape index (κ2) is 6.10. The van der Waals surface area contributed by atoms with E-state index in [-0.39, 0.29) is 23.4 Å². The monoisotopic (exact) mass is 348 g/mol. The van der Waals surface area contributed by atoms with E-state index in [1.54, 1.807) is 6.07 Å². The fourth-order valence-corrected chi connectivity index (χ4v) is 2.59. The van der Waals surface area contributed by atoms with Crippen LogP contribution in [0.25, 0.3) is 0 Å². The van der Waals surface area contributed by atoms with E-state index in [0.717, 1.165) is 5.56 Å². The highest BCUT2D eigenvalue weighted by molar-refractivity contribution is 9.10. The van der Waals surface area contributed by atoms with E-state index < -0.39 is 0 Å². The van der Waals surface area contributed by atoms with Crippen molar-refractivity contribution in [2.24, 2.45) is 0 Å². The predicted molar refractivity (Wildman–Crippen MR) is 87.3 cm³/mol. The van der Waals surface area contributed by atoms with Gasteiger partial charge in [-0.1, -0.05) is 67.0 Å². The molecule has 0 spiro atoms. The van der Waals surface area contributed by atoms with Crippen LogP contribution in [0, 0.1) is 5.82 Å². The Kier molecular flexibility index (Phi) is 4.62. The van der Waals surface area contributed by atoms with E-state index in [4.69, 9.17) is 0 Å². The molecule has 0 atom stereocenters. The highest BCUT2D eigenvalue weighted by atomic mass is 79.9. The van der Waals surface area contributed by atoms with Gasteiger partial charge >= 0.3 is 0 Å². The normalized spacial score (nSPS) is 11.5. The minimum atomic E-state index is -0.312. The third-order valence-electron chi connectivity index (χ3n) is 3.44. The highest BCUT2D eigenvalue weighted by Gasteiger charge is 2.15. The smallest absolute Gasteiger partial charge is 0.167 e. The number of Topliss-reactive ketones (excluding diaryl/α,β-unsaturated/α-hetero) is 1. The molecule has 0 aliphatic rings. The number of halogens is 2. The molecule has 0 unspecified atom stereocenters. The zero-order valence-electron chi connectivity index (χ0n) is 12.4. The Morgan fingerprint density at radius 3 is 2.24 bits per heavy atom. The van der Waals surface area contributed by atoms with Crippen molar-refractivity contribution in [2.75, 3.05) is 0 Å². The van der Waals surface area contributed by atoms with Crippen molar-refractivity contribution in [3.8, 4) is 0 Å². The van der Waals surface area contributed by atoms with Crippen LogP contribution in [0.1, 0.15) is 42.3 Å². The summed E-state index contributed by atoms with van der Waals surface area (Å²) in [4.78, 5) is 12.3. The molecule has 0 saturated carbocycles. The van der Waals surface area contributed by atoms with Crippen LogP contribution in [0.2, 0.25) is 0 Å². The fraction of sp³-hybridized carbons (Fsp3) is 0.278. The summed E-state index contributed by atoms with van der Waals surface area (Å²) >= 11 is 3.29. The molecule has 3 heteroatoms. The summed E-state index contributed by atoms with van der Waals surface area (Å²) < 4.78 is 13.7. The summed E-state index contributed by atoms with van der Waals surface area (Å²) in [6.07, 6.45) is 0.260. The van der Waals surface area contributed by atoms with Gasteiger partial charge in [0.1, 0.15) is 5.82 Å². The number of rotatable bonds is 3. The minimum Gasteiger partial charge on any atom is -0.294 e. The van der Waals surface area contributed by atoms with Gasteiger partial charge in [0.25, 0.3) is 0 Å². The van der Waals surface area contributed by atoms with E-state index in [9.17, 15) is 9.18 Å². The summed E-state index contributed by atoms with van der Waals surface area (Å²) in [5.41, 5.74) is 2.74. The maximum Gasteiger partial charge on any atom is 0.167 e. The molecule has 0 fully saturated rings. The second-order valence-electron chi connectivity index (χ2n) is 6.16. The largest absolute Gasteiger partial charge is 0.294 e. The number of ketones is 1. The summed E-state index contributed by atoms with van der Waals surface area (Å²) in [5.74, 6) is -0.282. The van der Waals surface area contributed by atoms with Gasteiger partial charge in [-0.05, 0) is 28.7 Å². The van der Waals surface area contributed by atoms with Crippen LogP contribution in [0.5, 0.6) is 0 Å². The molecule has 2 rings (SSSR count). The summed E-state index contributed by atoms with van der Waals surface area (Å²) in [6, 6.07) is 12.1. The third-order valence-corrected chi connectivity index (χ3v) is 4.18. The van der Waals surface area contributed by atoms with Crippen LogP contribution < -0.4 is 0 Å². The van der Waals surface area contributed by atoms with Crippen molar-refractivity contribution < 1.29 is 9.18 Å². The number of carbonyl (C=O) groups excluding carboxylic acids is 1. The molecule has 0 aliphatic heterocycles. The van der Waals surface area contributed by atoms with Gasteiger partial charge in [0.15, 0.2) is 5.78 Å². The Labute approximate surface area is 133 Å². The topological polar surface area (TPSA) is 17.1 Å². The van der Waals surface area contributed by atoms with Crippen molar-refractivity contribution in [2.45, 2.75) is 32.6 Å². The summed E-state index contributed by atoms with van der Waals surface area (Å²) in [6.45, 7) is 6.42. The molecule has 2 aromatic carbocycles. The average molecular weight is 349 g/mol. The third kappa shape index (κ3) is 4.01. The van der Waals surface area contributed by atoms with E-state index in [1.807, 2.05) is 24.3 Å². The van der Waals surface area contributed by atoms with Crippen LogP contribution >= 0.6 is 15.9 Å². The molecule has 0 heterocycles. The van der Waals surface area contributed by atoms with Gasteiger partial charge < -0.3 is 0 Å². The van der Waals surface area contributed by atoms with Gasteiger partial charge in [-0.3, -0.25) is 4.79 Å². The lowest BCUT2D eigenvalue weighted by atomic mass is 9.86. The first-order chi connectivity index (χ1) is 9.77. The molecule has 0 saturated heterocycles. The van der Waals surface area contributed by atoms with E-state index >= 15 is 0 Å². The molecule has 110 valence electrons. The highest BCUT2D eigenvalue weighted by Crippen LogP contribution is 2.23. The van der Waals surface area contributed by atoms with Crippen LogP contribution in [0.15, 0.2) is 46.9 Å². The molecular weight excluding hydrogens is 331 g/mol. The zero-order chi connectivity index (χ0) is 15.6. The lowest BCUT2D eigenvalue weighted by Crippen LogP contribution is -2.11. The minimum absolute atomic E-state index is 0.0303. The van der Waals surface area contributed by atoms with Gasteiger partial charge in [0.05, 0.1) is 0 Å². The van der Waals surface area contributed by atoms with Gasteiger partial charge in [-0.15, -0.1) is 0 Å². The van der Waals surface area contributed by atoms with E-state index in [0.29, 0.717) is 10.0 Å². The van der Waals surface area contributed by atoms with Crippen molar-refractivity contribution in [3.63, 3.8) is 0 Å². The number of hydrogen-bond donors (Lipinski definition) is 0. The quantitative estimate of drug-likeness (QED) is 0.686. The van der Waals surface area contributed by atoms with Crippen molar-refractivity contribution >= 4 is 21.7 Å². The first-order valence-corrected chi connectivity index (χ1v) is 7.64. The van der Waals surface area contributed by atoms with E-state index in [1.165, 1.54) is 17.7 Å². The number of hydrogen-bond acceptors (Lipinski definition) is 1. The number of carbonyl (C=O) groups is 1. The van der Waals surface area contributed by atoms with Crippen molar-refractivity contribution in [3.05, 3.63) is 69.4 Å². The van der Waals surface area contributed by atoms with Gasteiger partial charge in [-0.25, -0.2) is 4.39 Å². The Morgan fingerprint density at radius 1 is 1.10 bits per heavy atom. The lowest BCUT2D eigenvalue weighted by molar-refractivity contribution is 0.0992.